The first kappa shape index (κ1) is 12.0. The van der Waals surface area contributed by atoms with Crippen molar-refractivity contribution in [2.24, 2.45) is 11.1 Å². The van der Waals surface area contributed by atoms with Crippen LogP contribution in [0.3, 0.4) is 0 Å². The number of carboxylic acids is 1. The third kappa shape index (κ3) is 1.97. The number of hydrogen-bond donors (Lipinski definition) is 2. The molecule has 1 rings (SSSR count). The SMILES string of the molecule is CC(C)(C)OC(=O)C1(C(=O)O)CCC1N. The number of esters is 1. The van der Waals surface area contributed by atoms with Crippen LogP contribution in [0.5, 0.6) is 0 Å². The molecule has 0 amide bonds. The maximum atomic E-state index is 11.7. The smallest absolute Gasteiger partial charge is 0.325 e. The Hall–Kier alpha value is -1.10. The molecule has 3 N–H and O–H groups in total. The molecule has 1 aliphatic rings. The van der Waals surface area contributed by atoms with Crippen molar-refractivity contribution in [2.75, 3.05) is 0 Å². The van der Waals surface area contributed by atoms with Crippen LogP contribution >= 0.6 is 0 Å². The normalized spacial score (nSPS) is 30.5. The van der Waals surface area contributed by atoms with Crippen LogP contribution in [0, 0.1) is 5.41 Å². The maximum Gasteiger partial charge on any atom is 0.325 e. The van der Waals surface area contributed by atoms with Crippen molar-refractivity contribution in [3.05, 3.63) is 0 Å². The fourth-order valence-corrected chi connectivity index (χ4v) is 1.58. The molecule has 1 aliphatic carbocycles. The van der Waals surface area contributed by atoms with Crippen molar-refractivity contribution in [3.8, 4) is 0 Å². The lowest BCUT2D eigenvalue weighted by molar-refractivity contribution is -0.185. The fraction of sp³-hybridized carbons (Fsp3) is 0.800. The molecule has 0 bridgehead atoms. The summed E-state index contributed by atoms with van der Waals surface area (Å²) < 4.78 is 5.08. The Labute approximate surface area is 88.6 Å². The quantitative estimate of drug-likeness (QED) is 0.517. The Morgan fingerprint density at radius 2 is 2.00 bits per heavy atom. The van der Waals surface area contributed by atoms with Crippen LogP contribution in [-0.2, 0) is 14.3 Å². The standard InChI is InChI=1S/C10H17NO4/c1-9(2,3)15-8(14)10(7(12)13)5-4-6(10)11/h6H,4-5,11H2,1-3H3,(H,12,13). The number of ether oxygens (including phenoxy) is 1. The lowest BCUT2D eigenvalue weighted by Gasteiger charge is -2.42. The molecule has 0 spiro atoms. The lowest BCUT2D eigenvalue weighted by atomic mass is 9.64. The van der Waals surface area contributed by atoms with E-state index in [9.17, 15) is 9.59 Å². The van der Waals surface area contributed by atoms with Gasteiger partial charge in [-0.25, -0.2) is 0 Å². The fourth-order valence-electron chi connectivity index (χ4n) is 1.58. The monoisotopic (exact) mass is 215 g/mol. The second-order valence-electron chi connectivity index (χ2n) is 4.92. The first-order valence-electron chi connectivity index (χ1n) is 4.92. The van der Waals surface area contributed by atoms with E-state index in [4.69, 9.17) is 15.6 Å². The molecule has 0 aromatic rings. The van der Waals surface area contributed by atoms with Crippen molar-refractivity contribution >= 4 is 11.9 Å². The van der Waals surface area contributed by atoms with Crippen LogP contribution < -0.4 is 5.73 Å². The molecular formula is C10H17NO4. The first-order chi connectivity index (χ1) is 6.70. The predicted octanol–water partition coefficient (Wildman–Crippen LogP) is 0.520. The second kappa shape index (κ2) is 3.48. The van der Waals surface area contributed by atoms with E-state index in [0.29, 0.717) is 6.42 Å². The van der Waals surface area contributed by atoms with Gasteiger partial charge in [0.2, 0.25) is 0 Å². The van der Waals surface area contributed by atoms with Crippen LogP contribution in [0.2, 0.25) is 0 Å². The van der Waals surface area contributed by atoms with Crippen molar-refractivity contribution in [1.29, 1.82) is 0 Å². The number of rotatable bonds is 2. The summed E-state index contributed by atoms with van der Waals surface area (Å²) in [5.74, 6) is -1.91. The summed E-state index contributed by atoms with van der Waals surface area (Å²) in [6.07, 6.45) is 0.809. The van der Waals surface area contributed by atoms with E-state index in [0.717, 1.165) is 0 Å². The third-order valence-corrected chi connectivity index (χ3v) is 2.63. The summed E-state index contributed by atoms with van der Waals surface area (Å²) in [5.41, 5.74) is 3.39. The van der Waals surface area contributed by atoms with Crippen LogP contribution in [0.1, 0.15) is 33.6 Å². The number of nitrogens with two attached hydrogens (primary N) is 1. The molecule has 15 heavy (non-hydrogen) atoms. The molecule has 0 saturated heterocycles. The Morgan fingerprint density at radius 1 is 1.47 bits per heavy atom. The van der Waals surface area contributed by atoms with E-state index in [1.54, 1.807) is 20.8 Å². The van der Waals surface area contributed by atoms with Gasteiger partial charge in [0.15, 0.2) is 5.41 Å². The van der Waals surface area contributed by atoms with E-state index in [-0.39, 0.29) is 6.42 Å². The topological polar surface area (TPSA) is 89.6 Å². The summed E-state index contributed by atoms with van der Waals surface area (Å²) in [6.45, 7) is 5.10. The summed E-state index contributed by atoms with van der Waals surface area (Å²) in [4.78, 5) is 22.8. The highest BCUT2D eigenvalue weighted by Gasteiger charge is 2.59. The molecule has 5 heteroatoms. The number of carbonyl (C=O) groups excluding carboxylic acids is 1. The highest BCUT2D eigenvalue weighted by molar-refractivity contribution is 6.01. The second-order valence-corrected chi connectivity index (χ2v) is 4.92. The van der Waals surface area contributed by atoms with Gasteiger partial charge in [-0.15, -0.1) is 0 Å². The van der Waals surface area contributed by atoms with E-state index in [1.165, 1.54) is 0 Å². The highest BCUT2D eigenvalue weighted by atomic mass is 16.6. The van der Waals surface area contributed by atoms with Gasteiger partial charge in [0.05, 0.1) is 0 Å². The molecule has 2 atom stereocenters. The van der Waals surface area contributed by atoms with Gasteiger partial charge in [-0.1, -0.05) is 0 Å². The maximum absolute atomic E-state index is 11.7. The van der Waals surface area contributed by atoms with Gasteiger partial charge in [0, 0.05) is 6.04 Å². The van der Waals surface area contributed by atoms with Gasteiger partial charge in [0.1, 0.15) is 5.60 Å². The van der Waals surface area contributed by atoms with Gasteiger partial charge in [-0.2, -0.15) is 0 Å². The number of aliphatic carboxylic acids is 1. The molecule has 0 aliphatic heterocycles. The molecule has 1 saturated carbocycles. The van der Waals surface area contributed by atoms with Gasteiger partial charge in [-0.05, 0) is 33.6 Å². The zero-order chi connectivity index (χ0) is 11.9. The van der Waals surface area contributed by atoms with Crippen LogP contribution in [0.15, 0.2) is 0 Å². The van der Waals surface area contributed by atoms with Crippen LogP contribution in [0.25, 0.3) is 0 Å². The summed E-state index contributed by atoms with van der Waals surface area (Å²) in [7, 11) is 0. The minimum atomic E-state index is -1.52. The summed E-state index contributed by atoms with van der Waals surface area (Å²) in [5, 5.41) is 9.04. The van der Waals surface area contributed by atoms with Gasteiger partial charge in [-0.3, -0.25) is 9.59 Å². The van der Waals surface area contributed by atoms with E-state index >= 15 is 0 Å². The summed E-state index contributed by atoms with van der Waals surface area (Å²) >= 11 is 0. The zero-order valence-electron chi connectivity index (χ0n) is 9.24. The molecule has 0 aromatic heterocycles. The average Bonchev–Trinajstić information content (AvgIpc) is 1.97. The summed E-state index contributed by atoms with van der Waals surface area (Å²) in [6, 6.07) is -0.634. The highest BCUT2D eigenvalue weighted by Crippen LogP contribution is 2.42. The molecular weight excluding hydrogens is 198 g/mol. The molecule has 0 heterocycles. The lowest BCUT2D eigenvalue weighted by Crippen LogP contribution is -2.61. The zero-order valence-corrected chi connectivity index (χ0v) is 9.24. The van der Waals surface area contributed by atoms with Crippen molar-refractivity contribution < 1.29 is 19.4 Å². The van der Waals surface area contributed by atoms with Crippen molar-refractivity contribution in [2.45, 2.75) is 45.3 Å². The Kier molecular flexibility index (Phi) is 2.78. The molecule has 5 nitrogen and oxygen atoms in total. The van der Waals surface area contributed by atoms with Crippen molar-refractivity contribution in [3.63, 3.8) is 0 Å². The predicted molar refractivity (Wildman–Crippen MR) is 53.1 cm³/mol. The Bertz CT molecular complexity index is 294. The largest absolute Gasteiger partial charge is 0.480 e. The molecule has 1 fully saturated rings. The first-order valence-corrected chi connectivity index (χ1v) is 4.92. The minimum Gasteiger partial charge on any atom is -0.480 e. The van der Waals surface area contributed by atoms with E-state index in [2.05, 4.69) is 0 Å². The number of carboxylic acid groups (broad SMARTS) is 1. The Balaban J connectivity index is 2.84. The van der Waals surface area contributed by atoms with E-state index in [1.807, 2.05) is 0 Å². The van der Waals surface area contributed by atoms with Crippen LogP contribution in [-0.4, -0.2) is 28.7 Å². The van der Waals surface area contributed by atoms with Gasteiger partial charge < -0.3 is 15.6 Å². The molecule has 2 unspecified atom stereocenters. The third-order valence-electron chi connectivity index (χ3n) is 2.63. The number of hydrogen-bond acceptors (Lipinski definition) is 4. The van der Waals surface area contributed by atoms with E-state index < -0.39 is 29.0 Å². The average molecular weight is 215 g/mol. The molecule has 0 aromatic carbocycles. The minimum absolute atomic E-state index is 0.262. The van der Waals surface area contributed by atoms with Gasteiger partial charge >= 0.3 is 11.9 Å². The van der Waals surface area contributed by atoms with Gasteiger partial charge in [0.25, 0.3) is 0 Å². The van der Waals surface area contributed by atoms with Crippen molar-refractivity contribution in [1.82, 2.24) is 0 Å². The Morgan fingerprint density at radius 3 is 2.20 bits per heavy atom. The molecule has 86 valence electrons. The van der Waals surface area contributed by atoms with Crippen LogP contribution in [0.4, 0.5) is 0 Å². The molecule has 0 radical (unpaired) electrons. The number of carbonyl (C=O) groups is 2.